The molecule has 0 amide bonds. The molecule has 0 bridgehead atoms. The van der Waals surface area contributed by atoms with Gasteiger partial charge in [0.15, 0.2) is 0 Å². The molecular formula is C20H14ClN3. The molecule has 0 aliphatic carbocycles. The van der Waals surface area contributed by atoms with Crippen molar-refractivity contribution in [2.24, 2.45) is 4.99 Å². The number of nitrogens with zero attached hydrogens (tertiary/aromatic N) is 3. The van der Waals surface area contributed by atoms with Crippen LogP contribution in [0.5, 0.6) is 0 Å². The molecule has 0 N–H and O–H groups in total. The molecule has 0 aliphatic heterocycles. The van der Waals surface area contributed by atoms with Crippen LogP contribution in [-0.2, 0) is 0 Å². The first-order valence-corrected chi connectivity index (χ1v) is 7.99. The number of rotatable bonds is 3. The van der Waals surface area contributed by atoms with Gasteiger partial charge in [-0.1, -0.05) is 17.7 Å². The zero-order valence-electron chi connectivity index (χ0n) is 12.8. The molecule has 0 spiro atoms. The molecule has 3 nitrogen and oxygen atoms in total. The van der Waals surface area contributed by atoms with Crippen molar-refractivity contribution >= 4 is 34.4 Å². The van der Waals surface area contributed by atoms with Crippen LogP contribution in [0.4, 0.5) is 5.69 Å². The third kappa shape index (κ3) is 2.94. The van der Waals surface area contributed by atoms with Gasteiger partial charge >= 0.3 is 0 Å². The van der Waals surface area contributed by atoms with Gasteiger partial charge in [-0.15, -0.1) is 0 Å². The number of aromatic nitrogens is 2. The molecule has 116 valence electrons. The average molecular weight is 332 g/mol. The number of hydrogen-bond donors (Lipinski definition) is 0. The maximum absolute atomic E-state index is 5.96. The van der Waals surface area contributed by atoms with Crippen molar-refractivity contribution in [3.63, 3.8) is 0 Å². The lowest BCUT2D eigenvalue weighted by molar-refractivity contribution is 1.07. The van der Waals surface area contributed by atoms with E-state index >= 15 is 0 Å². The molecule has 0 aliphatic rings. The third-order valence-electron chi connectivity index (χ3n) is 3.82. The SMILES string of the molecule is Clc1ccc(-n2cccc2C=Nc2ccc3ncccc3c2)cc1. The van der Waals surface area contributed by atoms with Crippen LogP contribution < -0.4 is 0 Å². The van der Waals surface area contributed by atoms with E-state index in [1.807, 2.05) is 79.1 Å². The Balaban J connectivity index is 1.66. The van der Waals surface area contributed by atoms with Gasteiger partial charge in [0.25, 0.3) is 0 Å². The highest BCUT2D eigenvalue weighted by Crippen LogP contribution is 2.20. The fraction of sp³-hybridized carbons (Fsp3) is 0. The minimum Gasteiger partial charge on any atom is -0.316 e. The van der Waals surface area contributed by atoms with Crippen molar-refractivity contribution in [1.29, 1.82) is 0 Å². The fourth-order valence-electron chi connectivity index (χ4n) is 2.62. The normalized spacial score (nSPS) is 11.4. The van der Waals surface area contributed by atoms with Crippen molar-refractivity contribution < 1.29 is 0 Å². The van der Waals surface area contributed by atoms with Crippen LogP contribution >= 0.6 is 11.6 Å². The quantitative estimate of drug-likeness (QED) is 0.460. The van der Waals surface area contributed by atoms with E-state index in [-0.39, 0.29) is 0 Å². The lowest BCUT2D eigenvalue weighted by Gasteiger charge is -2.06. The van der Waals surface area contributed by atoms with Crippen molar-refractivity contribution in [3.8, 4) is 5.69 Å². The van der Waals surface area contributed by atoms with E-state index in [1.54, 1.807) is 6.20 Å². The molecule has 4 heteroatoms. The predicted molar refractivity (Wildman–Crippen MR) is 99.8 cm³/mol. The molecule has 24 heavy (non-hydrogen) atoms. The van der Waals surface area contributed by atoms with Crippen molar-refractivity contribution in [1.82, 2.24) is 9.55 Å². The number of halogens is 1. The molecular weight excluding hydrogens is 318 g/mol. The first kappa shape index (κ1) is 14.7. The first-order valence-electron chi connectivity index (χ1n) is 7.62. The van der Waals surface area contributed by atoms with Crippen LogP contribution in [0.25, 0.3) is 16.6 Å². The van der Waals surface area contributed by atoms with E-state index in [0.717, 1.165) is 33.0 Å². The molecule has 0 saturated carbocycles. The van der Waals surface area contributed by atoms with Gasteiger partial charge < -0.3 is 4.57 Å². The summed E-state index contributed by atoms with van der Waals surface area (Å²) in [5.41, 5.74) is 3.93. The summed E-state index contributed by atoms with van der Waals surface area (Å²) in [5.74, 6) is 0. The number of fused-ring (bicyclic) bond motifs is 1. The van der Waals surface area contributed by atoms with Gasteiger partial charge in [0.05, 0.1) is 23.1 Å². The zero-order valence-corrected chi connectivity index (χ0v) is 13.6. The summed E-state index contributed by atoms with van der Waals surface area (Å²) in [6.07, 6.45) is 5.67. The molecule has 2 aromatic carbocycles. The van der Waals surface area contributed by atoms with E-state index in [2.05, 4.69) is 14.5 Å². The van der Waals surface area contributed by atoms with E-state index in [1.165, 1.54) is 0 Å². The van der Waals surface area contributed by atoms with Crippen molar-refractivity contribution in [2.45, 2.75) is 0 Å². The van der Waals surface area contributed by atoms with Crippen molar-refractivity contribution in [3.05, 3.63) is 89.8 Å². The molecule has 0 unspecified atom stereocenters. The monoisotopic (exact) mass is 331 g/mol. The summed E-state index contributed by atoms with van der Waals surface area (Å²) in [4.78, 5) is 8.93. The number of pyridine rings is 1. The molecule has 2 heterocycles. The Kier molecular flexibility index (Phi) is 3.85. The predicted octanol–water partition coefficient (Wildman–Crippen LogP) is 5.43. The smallest absolute Gasteiger partial charge is 0.0703 e. The summed E-state index contributed by atoms with van der Waals surface area (Å²) in [7, 11) is 0. The van der Waals surface area contributed by atoms with Gasteiger partial charge in [0.2, 0.25) is 0 Å². The van der Waals surface area contributed by atoms with Crippen LogP contribution in [0.3, 0.4) is 0 Å². The zero-order chi connectivity index (χ0) is 16.4. The highest BCUT2D eigenvalue weighted by molar-refractivity contribution is 6.30. The van der Waals surface area contributed by atoms with E-state index < -0.39 is 0 Å². The third-order valence-corrected chi connectivity index (χ3v) is 4.07. The Hall–Kier alpha value is -2.91. The molecule has 0 atom stereocenters. The summed E-state index contributed by atoms with van der Waals surface area (Å²) in [6, 6.07) is 21.7. The summed E-state index contributed by atoms with van der Waals surface area (Å²) in [6.45, 7) is 0. The Morgan fingerprint density at radius 1 is 0.958 bits per heavy atom. The van der Waals surface area contributed by atoms with Gasteiger partial charge in [0.1, 0.15) is 0 Å². The minimum absolute atomic E-state index is 0.728. The number of benzene rings is 2. The Morgan fingerprint density at radius 3 is 2.71 bits per heavy atom. The molecule has 2 aromatic heterocycles. The summed E-state index contributed by atoms with van der Waals surface area (Å²) in [5, 5.41) is 1.81. The minimum atomic E-state index is 0.728. The standard InChI is InChI=1S/C20H14ClN3/c21-16-5-8-18(9-6-16)24-12-2-4-19(24)14-23-17-7-10-20-15(13-17)3-1-11-22-20/h1-14H. The van der Waals surface area contributed by atoms with Gasteiger partial charge in [0, 0.05) is 28.5 Å². The molecule has 0 radical (unpaired) electrons. The average Bonchev–Trinajstić information content (AvgIpc) is 3.09. The van der Waals surface area contributed by atoms with E-state index in [0.29, 0.717) is 0 Å². The van der Waals surface area contributed by atoms with Gasteiger partial charge in [-0.2, -0.15) is 0 Å². The second-order valence-electron chi connectivity index (χ2n) is 5.42. The molecule has 4 aromatic rings. The highest BCUT2D eigenvalue weighted by atomic mass is 35.5. The largest absolute Gasteiger partial charge is 0.316 e. The fourth-order valence-corrected chi connectivity index (χ4v) is 2.75. The second-order valence-corrected chi connectivity index (χ2v) is 5.85. The first-order chi connectivity index (χ1) is 11.8. The van der Waals surface area contributed by atoms with Crippen LogP contribution in [0.15, 0.2) is 84.1 Å². The van der Waals surface area contributed by atoms with Gasteiger partial charge in [-0.05, 0) is 60.7 Å². The van der Waals surface area contributed by atoms with Crippen LogP contribution in [0.1, 0.15) is 5.69 Å². The number of aliphatic imine (C=N–C) groups is 1. The van der Waals surface area contributed by atoms with Crippen LogP contribution in [0, 0.1) is 0 Å². The summed E-state index contributed by atoms with van der Waals surface area (Å²) < 4.78 is 2.07. The molecule has 4 rings (SSSR count). The maximum Gasteiger partial charge on any atom is 0.0703 e. The van der Waals surface area contributed by atoms with Crippen molar-refractivity contribution in [2.75, 3.05) is 0 Å². The highest BCUT2D eigenvalue weighted by Gasteiger charge is 2.01. The van der Waals surface area contributed by atoms with E-state index in [9.17, 15) is 0 Å². The van der Waals surface area contributed by atoms with Crippen LogP contribution in [0.2, 0.25) is 5.02 Å². The second kappa shape index (κ2) is 6.30. The molecule has 0 saturated heterocycles. The Bertz CT molecular complexity index is 1020. The maximum atomic E-state index is 5.96. The van der Waals surface area contributed by atoms with E-state index in [4.69, 9.17) is 11.6 Å². The molecule has 0 fully saturated rings. The van der Waals surface area contributed by atoms with Gasteiger partial charge in [-0.25, -0.2) is 0 Å². The number of hydrogen-bond acceptors (Lipinski definition) is 2. The van der Waals surface area contributed by atoms with Gasteiger partial charge in [-0.3, -0.25) is 9.98 Å². The lowest BCUT2D eigenvalue weighted by Crippen LogP contribution is -1.97. The topological polar surface area (TPSA) is 30.2 Å². The van der Waals surface area contributed by atoms with Crippen LogP contribution in [-0.4, -0.2) is 15.8 Å². The Morgan fingerprint density at radius 2 is 1.83 bits per heavy atom. The Labute approximate surface area is 144 Å². The lowest BCUT2D eigenvalue weighted by atomic mass is 10.2. The summed E-state index contributed by atoms with van der Waals surface area (Å²) >= 11 is 5.96.